The van der Waals surface area contributed by atoms with Crippen molar-refractivity contribution in [1.29, 1.82) is 0 Å². The Morgan fingerprint density at radius 2 is 2.29 bits per heavy atom. The second-order valence-corrected chi connectivity index (χ2v) is 6.39. The quantitative estimate of drug-likeness (QED) is 0.799. The van der Waals surface area contributed by atoms with E-state index in [0.29, 0.717) is 23.6 Å². The number of hydrogen-bond donors (Lipinski definition) is 1. The van der Waals surface area contributed by atoms with Crippen LogP contribution in [0.1, 0.15) is 19.8 Å². The van der Waals surface area contributed by atoms with E-state index in [-0.39, 0.29) is 5.56 Å². The Morgan fingerprint density at radius 3 is 3.08 bits per heavy atom. The van der Waals surface area contributed by atoms with E-state index >= 15 is 0 Å². The zero-order valence-electron chi connectivity index (χ0n) is 14.1. The van der Waals surface area contributed by atoms with Crippen molar-refractivity contribution in [2.75, 3.05) is 20.2 Å². The van der Waals surface area contributed by atoms with Crippen molar-refractivity contribution in [2.24, 2.45) is 0 Å². The van der Waals surface area contributed by atoms with Crippen LogP contribution < -0.4 is 10.3 Å². The van der Waals surface area contributed by atoms with E-state index in [1.165, 1.54) is 6.42 Å². The molecule has 0 unspecified atom stereocenters. The maximum absolute atomic E-state index is 12.9. The lowest BCUT2D eigenvalue weighted by Gasteiger charge is -2.23. The number of fused-ring (bicyclic) bond motifs is 3. The summed E-state index contributed by atoms with van der Waals surface area (Å²) in [6.07, 6.45) is 4.03. The molecule has 1 atom stereocenters. The average Bonchev–Trinajstić information content (AvgIpc) is 3.21. The molecule has 0 bridgehead atoms. The highest BCUT2D eigenvalue weighted by Gasteiger charge is 2.24. The van der Waals surface area contributed by atoms with Crippen molar-refractivity contribution in [3.05, 3.63) is 34.9 Å². The molecule has 0 saturated carbocycles. The van der Waals surface area contributed by atoms with Crippen LogP contribution in [-0.4, -0.2) is 45.7 Å². The molecule has 2 aromatic heterocycles. The number of hydrogen-bond acceptors (Lipinski definition) is 4. The van der Waals surface area contributed by atoms with Crippen LogP contribution in [0.2, 0.25) is 0 Å². The van der Waals surface area contributed by atoms with Crippen molar-refractivity contribution >= 4 is 21.9 Å². The van der Waals surface area contributed by atoms with Crippen molar-refractivity contribution in [3.8, 4) is 5.75 Å². The van der Waals surface area contributed by atoms with Gasteiger partial charge in [-0.25, -0.2) is 4.98 Å². The fraction of sp³-hybridized carbons (Fsp3) is 0.444. The number of nitrogens with zero attached hydrogens (tertiary/aromatic N) is 3. The molecule has 1 aliphatic rings. The predicted molar refractivity (Wildman–Crippen MR) is 94.7 cm³/mol. The summed E-state index contributed by atoms with van der Waals surface area (Å²) in [6, 6.07) is 6.15. The van der Waals surface area contributed by atoms with Crippen LogP contribution in [0.15, 0.2) is 29.3 Å². The highest BCUT2D eigenvalue weighted by molar-refractivity contribution is 6.04. The lowest BCUT2D eigenvalue weighted by atomic mass is 10.2. The molecule has 3 aromatic rings. The molecule has 6 nitrogen and oxygen atoms in total. The molecule has 1 saturated heterocycles. The third-order valence-corrected chi connectivity index (χ3v) is 5.09. The second kappa shape index (κ2) is 5.94. The molecule has 1 fully saturated rings. The summed E-state index contributed by atoms with van der Waals surface area (Å²) in [5.74, 6) is 0.763. The van der Waals surface area contributed by atoms with E-state index in [9.17, 15) is 4.79 Å². The first-order valence-corrected chi connectivity index (χ1v) is 8.50. The van der Waals surface area contributed by atoms with Gasteiger partial charge in [0.25, 0.3) is 5.56 Å². The predicted octanol–water partition coefficient (Wildman–Crippen LogP) is 2.37. The number of likely N-dealkylation sites (N-methyl/N-ethyl adjacent to an activating group) is 1. The van der Waals surface area contributed by atoms with E-state index in [0.717, 1.165) is 36.2 Å². The van der Waals surface area contributed by atoms with Gasteiger partial charge < -0.3 is 9.72 Å². The minimum atomic E-state index is -0.00174. The van der Waals surface area contributed by atoms with E-state index in [2.05, 4.69) is 21.8 Å². The van der Waals surface area contributed by atoms with E-state index in [1.54, 1.807) is 18.0 Å². The van der Waals surface area contributed by atoms with Gasteiger partial charge in [-0.15, -0.1) is 0 Å². The molecular formula is C18H22N4O2. The normalized spacial score (nSPS) is 18.7. The van der Waals surface area contributed by atoms with E-state index < -0.39 is 0 Å². The Hall–Kier alpha value is -2.34. The molecule has 0 aliphatic carbocycles. The van der Waals surface area contributed by atoms with Crippen molar-refractivity contribution in [2.45, 2.75) is 32.4 Å². The highest BCUT2D eigenvalue weighted by atomic mass is 16.5. The number of ether oxygens (including phenoxy) is 1. The zero-order valence-corrected chi connectivity index (χ0v) is 14.1. The van der Waals surface area contributed by atoms with Crippen LogP contribution in [0.25, 0.3) is 21.9 Å². The first-order chi connectivity index (χ1) is 11.7. The van der Waals surface area contributed by atoms with Crippen molar-refractivity contribution in [1.82, 2.24) is 19.4 Å². The molecule has 0 radical (unpaired) electrons. The van der Waals surface area contributed by atoms with Gasteiger partial charge in [0.05, 0.1) is 13.4 Å². The van der Waals surface area contributed by atoms with Crippen LogP contribution in [0.4, 0.5) is 0 Å². The number of nitrogens with one attached hydrogen (secondary N) is 1. The smallest absolute Gasteiger partial charge is 0.277 e. The summed E-state index contributed by atoms with van der Waals surface area (Å²) in [4.78, 5) is 23.1. The van der Waals surface area contributed by atoms with Gasteiger partial charge in [0.2, 0.25) is 0 Å². The highest BCUT2D eigenvalue weighted by Crippen LogP contribution is 2.26. The third-order valence-electron chi connectivity index (χ3n) is 5.09. The topological polar surface area (TPSA) is 63.1 Å². The zero-order chi connectivity index (χ0) is 16.7. The van der Waals surface area contributed by atoms with Gasteiger partial charge in [0.15, 0.2) is 0 Å². The Kier molecular flexibility index (Phi) is 3.76. The van der Waals surface area contributed by atoms with Gasteiger partial charge in [-0.1, -0.05) is 6.92 Å². The standard InChI is InChI=1S/C18H22N4O2/c1-3-21-8-4-5-12(21)10-22-11-19-16-14-9-13(24-2)6-7-15(14)20-17(16)18(22)23/h6-7,9,11-12,20H,3-5,8,10H2,1-2H3/t12-/m1/s1. The minimum Gasteiger partial charge on any atom is -0.497 e. The lowest BCUT2D eigenvalue weighted by molar-refractivity contribution is 0.242. The number of aromatic nitrogens is 3. The Balaban J connectivity index is 1.77. The van der Waals surface area contributed by atoms with Gasteiger partial charge in [-0.2, -0.15) is 0 Å². The second-order valence-electron chi connectivity index (χ2n) is 6.39. The molecule has 126 valence electrons. The molecule has 0 amide bonds. The van der Waals surface area contributed by atoms with Crippen molar-refractivity contribution < 1.29 is 4.74 Å². The molecule has 0 spiro atoms. The Bertz CT molecular complexity index is 943. The van der Waals surface area contributed by atoms with Crippen LogP contribution in [0, 0.1) is 0 Å². The molecular weight excluding hydrogens is 304 g/mol. The maximum Gasteiger partial charge on any atom is 0.277 e. The van der Waals surface area contributed by atoms with E-state index in [4.69, 9.17) is 4.74 Å². The van der Waals surface area contributed by atoms with Gasteiger partial charge in [0, 0.05) is 23.5 Å². The number of aromatic amines is 1. The number of likely N-dealkylation sites (tertiary alicyclic amines) is 1. The Labute approximate surface area is 140 Å². The summed E-state index contributed by atoms with van der Waals surface area (Å²) in [5, 5.41) is 0.921. The maximum atomic E-state index is 12.9. The number of H-pyrrole nitrogens is 1. The summed E-state index contributed by atoms with van der Waals surface area (Å²) in [6.45, 7) is 5.03. The molecule has 6 heteroatoms. The first-order valence-electron chi connectivity index (χ1n) is 8.50. The summed E-state index contributed by atoms with van der Waals surface area (Å²) < 4.78 is 7.02. The Morgan fingerprint density at radius 1 is 1.42 bits per heavy atom. The minimum absolute atomic E-state index is 0.00174. The lowest BCUT2D eigenvalue weighted by Crippen LogP contribution is -2.36. The summed E-state index contributed by atoms with van der Waals surface area (Å²) >= 11 is 0. The molecule has 1 aromatic carbocycles. The van der Waals surface area contributed by atoms with Crippen LogP contribution in [-0.2, 0) is 6.54 Å². The van der Waals surface area contributed by atoms with Crippen LogP contribution in [0.5, 0.6) is 5.75 Å². The summed E-state index contributed by atoms with van der Waals surface area (Å²) in [7, 11) is 1.64. The molecule has 24 heavy (non-hydrogen) atoms. The number of benzene rings is 1. The van der Waals surface area contributed by atoms with Crippen LogP contribution >= 0.6 is 0 Å². The number of methoxy groups -OCH3 is 1. The third kappa shape index (κ3) is 2.38. The fourth-order valence-corrected chi connectivity index (χ4v) is 3.77. The largest absolute Gasteiger partial charge is 0.497 e. The summed E-state index contributed by atoms with van der Waals surface area (Å²) in [5.41, 5.74) is 2.19. The van der Waals surface area contributed by atoms with Gasteiger partial charge in [-0.3, -0.25) is 14.3 Å². The molecule has 3 heterocycles. The molecule has 4 rings (SSSR count). The van der Waals surface area contributed by atoms with Crippen molar-refractivity contribution in [3.63, 3.8) is 0 Å². The fourth-order valence-electron chi connectivity index (χ4n) is 3.77. The first kappa shape index (κ1) is 15.2. The molecule has 1 aliphatic heterocycles. The monoisotopic (exact) mass is 326 g/mol. The SMILES string of the molecule is CCN1CCC[C@@H]1Cn1cnc2c([nH]c3ccc(OC)cc32)c1=O. The number of rotatable bonds is 4. The van der Waals surface area contributed by atoms with Crippen LogP contribution in [0.3, 0.4) is 0 Å². The van der Waals surface area contributed by atoms with Gasteiger partial charge in [0.1, 0.15) is 16.8 Å². The average molecular weight is 326 g/mol. The van der Waals surface area contributed by atoms with Gasteiger partial charge >= 0.3 is 0 Å². The van der Waals surface area contributed by atoms with Gasteiger partial charge in [-0.05, 0) is 44.1 Å². The van der Waals surface area contributed by atoms with E-state index in [1.807, 2.05) is 18.2 Å². The molecule has 1 N–H and O–H groups in total.